The summed E-state index contributed by atoms with van der Waals surface area (Å²) < 4.78 is 0. The van der Waals surface area contributed by atoms with Crippen molar-refractivity contribution in [2.24, 2.45) is 0 Å². The lowest BCUT2D eigenvalue weighted by molar-refractivity contribution is 0.587. The Labute approximate surface area is 290 Å². The smallest absolute Gasteiger partial charge is 0.0386 e. The van der Waals surface area contributed by atoms with Gasteiger partial charge in [-0.25, -0.2) is 0 Å². The Kier molecular flexibility index (Phi) is 8.77. The fourth-order valence-electron chi connectivity index (χ4n) is 6.84. The largest absolute Gasteiger partial charge is 0.398 e. The van der Waals surface area contributed by atoms with Crippen molar-refractivity contribution >= 4 is 22.7 Å². The molecule has 4 nitrogen and oxygen atoms in total. The van der Waals surface area contributed by atoms with Crippen molar-refractivity contribution in [1.29, 1.82) is 0 Å². The molecule has 4 aromatic carbocycles. The molecule has 8 N–H and O–H groups in total. The van der Waals surface area contributed by atoms with Gasteiger partial charge in [-0.3, -0.25) is 0 Å². The van der Waals surface area contributed by atoms with E-state index in [1.165, 1.54) is 22.3 Å². The average molecular weight is 645 g/mol. The van der Waals surface area contributed by atoms with Crippen LogP contribution in [0.5, 0.6) is 0 Å². The molecule has 0 fully saturated rings. The topological polar surface area (TPSA) is 104 Å². The normalized spacial score (nSPS) is 14.2. The van der Waals surface area contributed by atoms with Gasteiger partial charge in [0, 0.05) is 48.4 Å². The van der Waals surface area contributed by atoms with E-state index in [9.17, 15) is 0 Å². The zero-order valence-corrected chi connectivity index (χ0v) is 31.8. The highest BCUT2D eigenvalue weighted by atomic mass is 14.6. The van der Waals surface area contributed by atoms with E-state index < -0.39 is 0 Å². The Bertz CT molecular complexity index is 1510. The van der Waals surface area contributed by atoms with Crippen LogP contribution in [0.25, 0.3) is 0 Å². The highest BCUT2D eigenvalue weighted by Crippen LogP contribution is 2.40. The molecule has 0 saturated heterocycles. The van der Waals surface area contributed by atoms with Gasteiger partial charge >= 0.3 is 0 Å². The Morgan fingerprint density at radius 3 is 0.521 bits per heavy atom. The molecule has 8 bridgehead atoms. The molecule has 0 amide bonds. The fourth-order valence-corrected chi connectivity index (χ4v) is 6.84. The summed E-state index contributed by atoms with van der Waals surface area (Å²) in [6, 6.07) is 18.4. The minimum atomic E-state index is -0.0586. The molecule has 0 heterocycles. The summed E-state index contributed by atoms with van der Waals surface area (Å²) in [5.74, 6) is 0. The van der Waals surface area contributed by atoms with E-state index in [4.69, 9.17) is 22.9 Å². The zero-order valence-electron chi connectivity index (χ0n) is 31.8. The first-order valence-electron chi connectivity index (χ1n) is 17.6. The van der Waals surface area contributed by atoms with Crippen LogP contribution in [0.4, 0.5) is 22.7 Å². The average Bonchev–Trinajstić information content (AvgIpc) is 2.93. The van der Waals surface area contributed by atoms with Crippen LogP contribution < -0.4 is 22.9 Å². The molecular formula is C44H60N4. The van der Waals surface area contributed by atoms with Crippen LogP contribution >= 0.6 is 0 Å². The van der Waals surface area contributed by atoms with E-state index in [1.54, 1.807) is 0 Å². The van der Waals surface area contributed by atoms with E-state index in [1.807, 2.05) is 0 Å². The summed E-state index contributed by atoms with van der Waals surface area (Å²) in [5, 5.41) is 0. The van der Waals surface area contributed by atoms with Crippen molar-refractivity contribution in [3.05, 3.63) is 115 Å². The molecule has 4 heteroatoms. The number of anilines is 4. The maximum atomic E-state index is 7.14. The van der Waals surface area contributed by atoms with Gasteiger partial charge in [-0.1, -0.05) is 132 Å². The van der Waals surface area contributed by atoms with Crippen molar-refractivity contribution in [1.82, 2.24) is 0 Å². The summed E-state index contributed by atoms with van der Waals surface area (Å²) in [6.45, 7) is 27.2. The van der Waals surface area contributed by atoms with Crippen LogP contribution in [-0.4, -0.2) is 0 Å². The SMILES string of the molecule is CC(C)(C)c1cc2c(N)c(c1)Cc1cc(C(C)(C)C)cc(c1N)Cc1cc(C(C)(C)C)cc(c1N)Cc1cc(C(C)(C)C)cc(c1N)C2. The van der Waals surface area contributed by atoms with Crippen LogP contribution in [0, 0.1) is 0 Å². The van der Waals surface area contributed by atoms with Crippen molar-refractivity contribution in [2.75, 3.05) is 22.9 Å². The monoisotopic (exact) mass is 644 g/mol. The number of benzene rings is 4. The van der Waals surface area contributed by atoms with Gasteiger partial charge in [-0.2, -0.15) is 0 Å². The molecule has 1 aliphatic rings. The van der Waals surface area contributed by atoms with Gasteiger partial charge in [-0.05, 0) is 88.4 Å². The van der Waals surface area contributed by atoms with Gasteiger partial charge < -0.3 is 22.9 Å². The standard InChI is InChI=1S/C44H60N4/c1-41(2,3)33-17-25-13-27-19-34(42(4,5)6)21-29(38(27)46)15-31-23-36(44(10,11)12)24-32(40(31)48)16-30-22-35(43(7,8)9)20-28(39(30)47)14-26(18-33)37(25)45/h17-24H,13-16,45-48H2,1-12H3. The molecule has 1 aliphatic carbocycles. The van der Waals surface area contributed by atoms with Crippen molar-refractivity contribution in [2.45, 2.75) is 130 Å². The summed E-state index contributed by atoms with van der Waals surface area (Å²) in [4.78, 5) is 0. The molecule has 0 unspecified atom stereocenters. The Hall–Kier alpha value is -3.92. The third-order valence-electron chi connectivity index (χ3n) is 10.4. The molecule has 256 valence electrons. The van der Waals surface area contributed by atoms with Gasteiger partial charge in [0.2, 0.25) is 0 Å². The first kappa shape index (κ1) is 35.4. The second-order valence-corrected chi connectivity index (χ2v) is 18.5. The van der Waals surface area contributed by atoms with Crippen molar-refractivity contribution in [3.63, 3.8) is 0 Å². The van der Waals surface area contributed by atoms with Crippen molar-refractivity contribution < 1.29 is 0 Å². The zero-order chi connectivity index (χ0) is 35.7. The third-order valence-corrected chi connectivity index (χ3v) is 10.4. The number of fused-ring (bicyclic) bond motifs is 8. The number of hydrogen-bond acceptors (Lipinski definition) is 4. The number of nitrogen functional groups attached to an aromatic ring is 4. The number of hydrogen-bond donors (Lipinski definition) is 4. The molecular weight excluding hydrogens is 585 g/mol. The highest BCUT2D eigenvalue weighted by molar-refractivity contribution is 5.69. The minimum absolute atomic E-state index is 0.0586. The van der Waals surface area contributed by atoms with Gasteiger partial charge in [0.05, 0.1) is 0 Å². The molecule has 0 radical (unpaired) electrons. The second-order valence-electron chi connectivity index (χ2n) is 18.5. The van der Waals surface area contributed by atoms with Gasteiger partial charge in [0.1, 0.15) is 0 Å². The summed E-state index contributed by atoms with van der Waals surface area (Å²) in [6.07, 6.45) is 2.60. The molecule has 0 atom stereocenters. The summed E-state index contributed by atoms with van der Waals surface area (Å²) in [5.41, 5.74) is 45.5. The van der Waals surface area contributed by atoms with Crippen LogP contribution in [0.15, 0.2) is 48.5 Å². The Morgan fingerprint density at radius 2 is 0.417 bits per heavy atom. The first-order chi connectivity index (χ1) is 21.9. The fraction of sp³-hybridized carbons (Fsp3) is 0.455. The maximum absolute atomic E-state index is 7.14. The van der Waals surface area contributed by atoms with E-state index in [2.05, 4.69) is 132 Å². The maximum Gasteiger partial charge on any atom is 0.0386 e. The van der Waals surface area contributed by atoms with Gasteiger partial charge in [0.25, 0.3) is 0 Å². The van der Waals surface area contributed by atoms with E-state index in [0.29, 0.717) is 25.7 Å². The van der Waals surface area contributed by atoms with Crippen LogP contribution in [0.2, 0.25) is 0 Å². The minimum Gasteiger partial charge on any atom is -0.398 e. The molecule has 0 spiro atoms. The van der Waals surface area contributed by atoms with Crippen LogP contribution in [-0.2, 0) is 47.3 Å². The predicted octanol–water partition coefficient (Wildman–Crippen LogP) is 9.88. The van der Waals surface area contributed by atoms with Crippen molar-refractivity contribution in [3.8, 4) is 0 Å². The predicted molar refractivity (Wildman–Crippen MR) is 209 cm³/mol. The lowest BCUT2D eigenvalue weighted by Crippen LogP contribution is -2.18. The van der Waals surface area contributed by atoms with Gasteiger partial charge in [0.15, 0.2) is 0 Å². The lowest BCUT2D eigenvalue weighted by Gasteiger charge is -2.28. The molecule has 48 heavy (non-hydrogen) atoms. The van der Waals surface area contributed by atoms with E-state index in [-0.39, 0.29) is 21.7 Å². The quantitative estimate of drug-likeness (QED) is 0.126. The first-order valence-corrected chi connectivity index (χ1v) is 17.6. The van der Waals surface area contributed by atoms with Crippen LogP contribution in [0.3, 0.4) is 0 Å². The Balaban J connectivity index is 1.89. The lowest BCUT2D eigenvalue weighted by atomic mass is 9.78. The van der Waals surface area contributed by atoms with Crippen LogP contribution in [0.1, 0.15) is 150 Å². The third kappa shape index (κ3) is 7.09. The number of nitrogens with two attached hydrogens (primary N) is 4. The molecule has 4 aromatic rings. The molecule has 0 aliphatic heterocycles. The second kappa shape index (κ2) is 11.9. The summed E-state index contributed by atoms with van der Waals surface area (Å²) >= 11 is 0. The molecule has 0 saturated carbocycles. The molecule has 0 aromatic heterocycles. The van der Waals surface area contributed by atoms with E-state index >= 15 is 0 Å². The summed E-state index contributed by atoms with van der Waals surface area (Å²) in [7, 11) is 0. The van der Waals surface area contributed by atoms with E-state index in [0.717, 1.165) is 67.3 Å². The highest BCUT2D eigenvalue weighted by Gasteiger charge is 2.26. The Morgan fingerprint density at radius 1 is 0.292 bits per heavy atom. The number of rotatable bonds is 0. The van der Waals surface area contributed by atoms with Gasteiger partial charge in [-0.15, -0.1) is 0 Å². The molecule has 5 rings (SSSR count).